The molecule has 0 spiro atoms. The van der Waals surface area contributed by atoms with Crippen molar-refractivity contribution >= 4 is 33.3 Å². The maximum atomic E-state index is 13.2. The van der Waals surface area contributed by atoms with Crippen LogP contribution in [0, 0.1) is 0 Å². The molecule has 0 aliphatic heterocycles. The van der Waals surface area contributed by atoms with E-state index in [-0.39, 0.29) is 17.1 Å². The van der Waals surface area contributed by atoms with Gasteiger partial charge in [0.2, 0.25) is 0 Å². The fourth-order valence-electron chi connectivity index (χ4n) is 3.02. The number of thioether (sulfide) groups is 1. The van der Waals surface area contributed by atoms with Crippen molar-refractivity contribution in [3.05, 3.63) is 82.2 Å². The standard InChI is InChI=1S/C20H15F3N4OS2/c1-2-10-29-18-25-24-17(12-26-15-8-3-4-9-16(15)30-19(26)28)27(18)14-7-5-6-13(11-14)20(21,22)23/h2-9,11H,1,10,12H2. The van der Waals surface area contributed by atoms with Crippen molar-refractivity contribution in [2.24, 2.45) is 0 Å². The van der Waals surface area contributed by atoms with E-state index in [0.717, 1.165) is 33.7 Å². The summed E-state index contributed by atoms with van der Waals surface area (Å²) in [5.74, 6) is 0.879. The Morgan fingerprint density at radius 3 is 2.70 bits per heavy atom. The Kier molecular flexibility index (Phi) is 5.52. The van der Waals surface area contributed by atoms with Gasteiger partial charge in [-0.25, -0.2) is 0 Å². The molecule has 0 saturated carbocycles. The van der Waals surface area contributed by atoms with Gasteiger partial charge in [0.1, 0.15) is 0 Å². The molecule has 0 radical (unpaired) electrons. The fourth-order valence-corrected chi connectivity index (χ4v) is 4.61. The number of rotatable bonds is 6. The zero-order valence-corrected chi connectivity index (χ0v) is 17.1. The predicted molar refractivity (Wildman–Crippen MR) is 112 cm³/mol. The molecular weight excluding hydrogens is 433 g/mol. The summed E-state index contributed by atoms with van der Waals surface area (Å²) in [7, 11) is 0. The highest BCUT2D eigenvalue weighted by Crippen LogP contribution is 2.32. The van der Waals surface area contributed by atoms with E-state index in [1.165, 1.54) is 17.8 Å². The van der Waals surface area contributed by atoms with Gasteiger partial charge in [0.05, 0.1) is 28.0 Å². The minimum atomic E-state index is -4.47. The summed E-state index contributed by atoms with van der Waals surface area (Å²) >= 11 is 2.41. The predicted octanol–water partition coefficient (Wildman–Crippen LogP) is 4.99. The number of para-hydroxylation sites is 1. The molecule has 4 aromatic rings. The van der Waals surface area contributed by atoms with E-state index in [4.69, 9.17) is 0 Å². The van der Waals surface area contributed by atoms with Gasteiger partial charge >= 0.3 is 11.0 Å². The maximum absolute atomic E-state index is 13.2. The Balaban J connectivity index is 1.83. The number of alkyl halides is 3. The lowest BCUT2D eigenvalue weighted by Gasteiger charge is -2.13. The third-order valence-corrected chi connectivity index (χ3v) is 6.22. The van der Waals surface area contributed by atoms with Crippen LogP contribution in [0.25, 0.3) is 15.9 Å². The average molecular weight is 448 g/mol. The maximum Gasteiger partial charge on any atom is 0.416 e. The molecule has 0 aliphatic rings. The van der Waals surface area contributed by atoms with E-state index in [1.807, 2.05) is 24.3 Å². The van der Waals surface area contributed by atoms with E-state index < -0.39 is 11.7 Å². The summed E-state index contributed by atoms with van der Waals surface area (Å²) in [4.78, 5) is 12.3. The van der Waals surface area contributed by atoms with Crippen LogP contribution in [-0.2, 0) is 12.7 Å². The van der Waals surface area contributed by atoms with E-state index >= 15 is 0 Å². The zero-order chi connectivity index (χ0) is 21.3. The van der Waals surface area contributed by atoms with Gasteiger partial charge in [0.15, 0.2) is 11.0 Å². The summed E-state index contributed by atoms with van der Waals surface area (Å²) in [5, 5.41) is 8.76. The first kappa shape index (κ1) is 20.4. The quantitative estimate of drug-likeness (QED) is 0.308. The second-order valence-electron chi connectivity index (χ2n) is 6.30. The van der Waals surface area contributed by atoms with Crippen molar-refractivity contribution in [1.82, 2.24) is 19.3 Å². The first-order chi connectivity index (χ1) is 14.4. The van der Waals surface area contributed by atoms with Gasteiger partial charge < -0.3 is 0 Å². The second-order valence-corrected chi connectivity index (χ2v) is 8.28. The molecule has 0 amide bonds. The van der Waals surface area contributed by atoms with Crippen LogP contribution in [0.2, 0.25) is 0 Å². The monoisotopic (exact) mass is 448 g/mol. The highest BCUT2D eigenvalue weighted by Gasteiger charge is 2.31. The molecular formula is C20H15F3N4OS2. The first-order valence-electron chi connectivity index (χ1n) is 8.82. The van der Waals surface area contributed by atoms with Crippen LogP contribution >= 0.6 is 23.1 Å². The van der Waals surface area contributed by atoms with Gasteiger partial charge in [-0.15, -0.1) is 16.8 Å². The largest absolute Gasteiger partial charge is 0.416 e. The smallest absolute Gasteiger partial charge is 0.291 e. The van der Waals surface area contributed by atoms with Gasteiger partial charge in [-0.2, -0.15) is 13.2 Å². The third kappa shape index (κ3) is 3.92. The van der Waals surface area contributed by atoms with Crippen LogP contribution in [0.1, 0.15) is 11.4 Å². The van der Waals surface area contributed by atoms with Crippen molar-refractivity contribution in [3.8, 4) is 5.69 Å². The molecule has 0 aliphatic carbocycles. The van der Waals surface area contributed by atoms with E-state index in [9.17, 15) is 18.0 Å². The molecule has 0 atom stereocenters. The van der Waals surface area contributed by atoms with Crippen LogP contribution < -0.4 is 4.87 Å². The Morgan fingerprint density at radius 1 is 1.13 bits per heavy atom. The number of benzene rings is 2. The highest BCUT2D eigenvalue weighted by atomic mass is 32.2. The molecule has 2 heterocycles. The average Bonchev–Trinajstić information content (AvgIpc) is 3.27. The number of hydrogen-bond donors (Lipinski definition) is 0. The molecule has 0 unspecified atom stereocenters. The van der Waals surface area contributed by atoms with Crippen molar-refractivity contribution < 1.29 is 13.2 Å². The number of aromatic nitrogens is 4. The van der Waals surface area contributed by atoms with Crippen LogP contribution in [0.5, 0.6) is 0 Å². The summed E-state index contributed by atoms with van der Waals surface area (Å²) in [5.41, 5.74) is 0.257. The zero-order valence-electron chi connectivity index (χ0n) is 15.5. The van der Waals surface area contributed by atoms with Crippen LogP contribution in [0.15, 0.2) is 71.1 Å². The van der Waals surface area contributed by atoms with Crippen molar-refractivity contribution in [2.45, 2.75) is 17.9 Å². The molecule has 4 rings (SSSR count). The number of thiazole rings is 1. The molecule has 0 fully saturated rings. The van der Waals surface area contributed by atoms with Gasteiger partial charge in [-0.1, -0.05) is 47.4 Å². The first-order valence-corrected chi connectivity index (χ1v) is 10.6. The molecule has 0 N–H and O–H groups in total. The molecule has 10 heteroatoms. The van der Waals surface area contributed by atoms with Gasteiger partial charge in [-0.3, -0.25) is 13.9 Å². The summed E-state index contributed by atoms with van der Waals surface area (Å²) in [6.07, 6.45) is -2.80. The summed E-state index contributed by atoms with van der Waals surface area (Å²) in [6, 6.07) is 12.3. The number of hydrogen-bond acceptors (Lipinski definition) is 5. The molecule has 2 aromatic heterocycles. The molecule has 5 nitrogen and oxygen atoms in total. The van der Waals surface area contributed by atoms with Crippen molar-refractivity contribution in [1.29, 1.82) is 0 Å². The second kappa shape index (κ2) is 8.11. The highest BCUT2D eigenvalue weighted by molar-refractivity contribution is 7.99. The van der Waals surface area contributed by atoms with E-state index in [0.29, 0.717) is 16.7 Å². The Hall–Kier alpha value is -2.85. The summed E-state index contributed by atoms with van der Waals surface area (Å²) in [6.45, 7) is 3.75. The van der Waals surface area contributed by atoms with E-state index in [1.54, 1.807) is 21.3 Å². The topological polar surface area (TPSA) is 52.7 Å². The van der Waals surface area contributed by atoms with Gasteiger partial charge in [-0.05, 0) is 30.3 Å². The lowest BCUT2D eigenvalue weighted by molar-refractivity contribution is -0.137. The Labute approximate surface area is 177 Å². The lowest BCUT2D eigenvalue weighted by Crippen LogP contribution is -2.17. The van der Waals surface area contributed by atoms with Crippen molar-refractivity contribution in [3.63, 3.8) is 0 Å². The minimum absolute atomic E-state index is 0.0841. The normalized spacial score (nSPS) is 11.8. The van der Waals surface area contributed by atoms with Gasteiger partial charge in [0, 0.05) is 5.75 Å². The molecule has 0 saturated heterocycles. The molecule has 154 valence electrons. The number of halogens is 3. The van der Waals surface area contributed by atoms with Crippen LogP contribution in [0.3, 0.4) is 0 Å². The Bertz CT molecular complexity index is 1270. The molecule has 0 bridgehead atoms. The third-order valence-electron chi connectivity index (χ3n) is 4.34. The SMILES string of the molecule is C=CCSc1nnc(Cn2c(=O)sc3ccccc32)n1-c1cccc(C(F)(F)F)c1. The lowest BCUT2D eigenvalue weighted by atomic mass is 10.2. The van der Waals surface area contributed by atoms with Crippen molar-refractivity contribution in [2.75, 3.05) is 5.75 Å². The Morgan fingerprint density at radius 2 is 1.93 bits per heavy atom. The number of nitrogens with zero attached hydrogens (tertiary/aromatic N) is 4. The summed E-state index contributed by atoms with van der Waals surface area (Å²) < 4.78 is 43.7. The van der Waals surface area contributed by atoms with Crippen LogP contribution in [-0.4, -0.2) is 25.1 Å². The fraction of sp³-hybridized carbons (Fsp3) is 0.150. The minimum Gasteiger partial charge on any atom is -0.291 e. The molecule has 2 aromatic carbocycles. The number of fused-ring (bicyclic) bond motifs is 1. The van der Waals surface area contributed by atoms with Crippen LogP contribution in [0.4, 0.5) is 13.2 Å². The molecule has 30 heavy (non-hydrogen) atoms. The van der Waals surface area contributed by atoms with Gasteiger partial charge in [0.25, 0.3) is 0 Å². The van der Waals surface area contributed by atoms with E-state index in [2.05, 4.69) is 16.8 Å².